The van der Waals surface area contributed by atoms with Crippen molar-refractivity contribution in [1.82, 2.24) is 0 Å². The minimum Gasteiger partial charge on any atom is -0.438 e. The van der Waals surface area contributed by atoms with Crippen LogP contribution in [-0.4, -0.2) is 19.4 Å². The van der Waals surface area contributed by atoms with E-state index in [-0.39, 0.29) is 18.7 Å². The van der Waals surface area contributed by atoms with Crippen LogP contribution in [0.4, 0.5) is 0 Å². The Morgan fingerprint density at radius 3 is 2.24 bits per heavy atom. The first-order chi connectivity index (χ1) is 10.0. The number of carbonyl (C=O) groups is 1. The molecule has 0 aliphatic heterocycles. The smallest absolute Gasteiger partial charge is 0.310 e. The third-order valence-electron chi connectivity index (χ3n) is 6.72. The quantitative estimate of drug-likeness (QED) is 0.422. The highest BCUT2D eigenvalue weighted by Crippen LogP contribution is 2.62. The molecule has 4 saturated carbocycles. The lowest BCUT2D eigenvalue weighted by Crippen LogP contribution is -2.53. The second-order valence-electron chi connectivity index (χ2n) is 8.05. The fourth-order valence-electron chi connectivity index (χ4n) is 5.17. The van der Waals surface area contributed by atoms with Crippen LogP contribution in [0.5, 0.6) is 0 Å². The van der Waals surface area contributed by atoms with E-state index < -0.39 is 0 Å². The molecule has 0 N–H and O–H groups in total. The van der Waals surface area contributed by atoms with E-state index in [9.17, 15) is 4.79 Å². The lowest BCUT2D eigenvalue weighted by molar-refractivity contribution is -0.177. The van der Waals surface area contributed by atoms with Gasteiger partial charge in [0.15, 0.2) is 6.79 Å². The summed E-state index contributed by atoms with van der Waals surface area (Å²) in [4.78, 5) is 11.6. The van der Waals surface area contributed by atoms with E-state index in [0.29, 0.717) is 5.41 Å². The van der Waals surface area contributed by atoms with Gasteiger partial charge in [-0.1, -0.05) is 20.8 Å². The molecule has 4 fully saturated rings. The van der Waals surface area contributed by atoms with Gasteiger partial charge in [0, 0.05) is 0 Å². The van der Waals surface area contributed by atoms with E-state index in [1.54, 1.807) is 0 Å². The molecular weight excluding hydrogens is 264 g/mol. The average Bonchev–Trinajstić information content (AvgIpc) is 2.47. The largest absolute Gasteiger partial charge is 0.438 e. The Balaban J connectivity index is 1.48. The molecule has 3 heteroatoms. The molecule has 0 aromatic carbocycles. The third-order valence-corrected chi connectivity index (χ3v) is 6.72. The van der Waals surface area contributed by atoms with E-state index in [1.165, 1.54) is 32.1 Å². The van der Waals surface area contributed by atoms with Gasteiger partial charge in [-0.25, -0.2) is 0 Å². The summed E-state index contributed by atoms with van der Waals surface area (Å²) in [5.74, 6) is 3.49. The van der Waals surface area contributed by atoms with Gasteiger partial charge in [0.25, 0.3) is 0 Å². The molecule has 0 spiro atoms. The highest BCUT2D eigenvalue weighted by Gasteiger charge is 2.54. The molecule has 0 radical (unpaired) electrons. The molecule has 4 aliphatic carbocycles. The van der Waals surface area contributed by atoms with Crippen molar-refractivity contribution in [2.75, 3.05) is 13.4 Å². The molecule has 1 atom stereocenters. The Morgan fingerprint density at radius 2 is 1.71 bits per heavy atom. The maximum absolute atomic E-state index is 11.6. The first kappa shape index (κ1) is 15.3. The monoisotopic (exact) mass is 294 g/mol. The number of rotatable bonds is 6. The van der Waals surface area contributed by atoms with Gasteiger partial charge in [0.2, 0.25) is 0 Å². The zero-order chi connectivity index (χ0) is 15.0. The molecular formula is C18H30O3. The zero-order valence-corrected chi connectivity index (χ0v) is 13.8. The van der Waals surface area contributed by atoms with Crippen molar-refractivity contribution < 1.29 is 14.3 Å². The molecule has 0 amide bonds. The summed E-state index contributed by atoms with van der Waals surface area (Å²) in [6, 6.07) is 0. The number of hydrogen-bond donors (Lipinski definition) is 0. The topological polar surface area (TPSA) is 35.5 Å². The van der Waals surface area contributed by atoms with Crippen molar-refractivity contribution in [3.05, 3.63) is 0 Å². The van der Waals surface area contributed by atoms with Crippen molar-refractivity contribution in [3.63, 3.8) is 0 Å². The Labute approximate surface area is 128 Å². The molecule has 4 rings (SSSR count). The second kappa shape index (κ2) is 5.91. The number of ether oxygens (including phenoxy) is 2. The summed E-state index contributed by atoms with van der Waals surface area (Å²) >= 11 is 0. The normalized spacial score (nSPS) is 42.0. The fraction of sp³-hybridized carbons (Fsp3) is 0.944. The lowest BCUT2D eigenvalue weighted by atomic mass is 9.46. The molecule has 4 aliphatic rings. The lowest BCUT2D eigenvalue weighted by Gasteiger charge is -2.60. The second-order valence-corrected chi connectivity index (χ2v) is 8.05. The Hall–Kier alpha value is -0.570. The molecule has 1 unspecified atom stereocenters. The molecule has 3 nitrogen and oxygen atoms in total. The third kappa shape index (κ3) is 2.86. The predicted octanol–water partition coefficient (Wildman–Crippen LogP) is 4.01. The zero-order valence-electron chi connectivity index (χ0n) is 13.8. The van der Waals surface area contributed by atoms with Gasteiger partial charge in [-0.15, -0.1) is 0 Å². The van der Waals surface area contributed by atoms with Crippen molar-refractivity contribution in [1.29, 1.82) is 0 Å². The summed E-state index contributed by atoms with van der Waals surface area (Å²) in [5.41, 5.74) is 0.316. The summed E-state index contributed by atoms with van der Waals surface area (Å²) in [6.07, 6.45) is 7.91. The van der Waals surface area contributed by atoms with E-state index in [0.717, 1.165) is 36.7 Å². The Bertz CT molecular complexity index is 362. The maximum Gasteiger partial charge on any atom is 0.310 e. The average molecular weight is 294 g/mol. The van der Waals surface area contributed by atoms with E-state index in [1.807, 2.05) is 13.8 Å². The van der Waals surface area contributed by atoms with Crippen LogP contribution in [0.15, 0.2) is 0 Å². The van der Waals surface area contributed by atoms with Crippen molar-refractivity contribution in [2.45, 2.75) is 59.3 Å². The molecule has 120 valence electrons. The van der Waals surface area contributed by atoms with E-state index in [4.69, 9.17) is 9.47 Å². The number of carbonyl (C=O) groups excluding carboxylic acids is 1. The predicted molar refractivity (Wildman–Crippen MR) is 81.5 cm³/mol. The van der Waals surface area contributed by atoms with E-state index in [2.05, 4.69) is 6.92 Å². The molecule has 0 heterocycles. The molecule has 4 bridgehead atoms. The van der Waals surface area contributed by atoms with Gasteiger partial charge < -0.3 is 9.47 Å². The Morgan fingerprint density at radius 1 is 1.14 bits per heavy atom. The van der Waals surface area contributed by atoms with Crippen LogP contribution in [0.25, 0.3) is 0 Å². The standard InChI is InChI=1S/C18H30O3/c1-4-12(2)17(19)21-11-20-10-18(3)15-6-13-5-14(8-15)9-16(18)7-13/h12-16H,4-11H2,1-3H3. The van der Waals surface area contributed by atoms with Crippen LogP contribution in [-0.2, 0) is 14.3 Å². The van der Waals surface area contributed by atoms with Gasteiger partial charge >= 0.3 is 5.97 Å². The van der Waals surface area contributed by atoms with Crippen LogP contribution in [0, 0.1) is 35.0 Å². The highest BCUT2D eigenvalue weighted by atomic mass is 16.7. The van der Waals surface area contributed by atoms with Gasteiger partial charge in [0.1, 0.15) is 0 Å². The van der Waals surface area contributed by atoms with Crippen LogP contribution in [0.3, 0.4) is 0 Å². The SMILES string of the molecule is CCC(C)C(=O)OCOCC1(C)C2CC3CC(C2)CC1C3. The first-order valence-corrected chi connectivity index (χ1v) is 8.77. The van der Waals surface area contributed by atoms with Crippen molar-refractivity contribution in [2.24, 2.45) is 35.0 Å². The summed E-state index contributed by atoms with van der Waals surface area (Å²) in [7, 11) is 0. The molecule has 0 saturated heterocycles. The fourth-order valence-corrected chi connectivity index (χ4v) is 5.17. The molecule has 0 aromatic heterocycles. The molecule has 21 heavy (non-hydrogen) atoms. The highest BCUT2D eigenvalue weighted by molar-refractivity contribution is 5.71. The van der Waals surface area contributed by atoms with Crippen LogP contribution < -0.4 is 0 Å². The Kier molecular flexibility index (Phi) is 4.31. The van der Waals surface area contributed by atoms with Gasteiger partial charge in [-0.2, -0.15) is 0 Å². The number of hydrogen-bond acceptors (Lipinski definition) is 3. The van der Waals surface area contributed by atoms with Gasteiger partial charge in [0.05, 0.1) is 12.5 Å². The first-order valence-electron chi connectivity index (χ1n) is 8.77. The maximum atomic E-state index is 11.6. The van der Waals surface area contributed by atoms with Gasteiger partial charge in [-0.3, -0.25) is 4.79 Å². The minimum absolute atomic E-state index is 0.0228. The summed E-state index contributed by atoms with van der Waals surface area (Å²) in [5, 5.41) is 0. The summed E-state index contributed by atoms with van der Waals surface area (Å²) in [6.45, 7) is 7.21. The van der Waals surface area contributed by atoms with Crippen molar-refractivity contribution >= 4 is 5.97 Å². The van der Waals surface area contributed by atoms with Crippen LogP contribution in [0.1, 0.15) is 59.3 Å². The van der Waals surface area contributed by atoms with Crippen LogP contribution >= 0.6 is 0 Å². The molecule has 0 aromatic rings. The minimum atomic E-state index is -0.132. The summed E-state index contributed by atoms with van der Waals surface area (Å²) < 4.78 is 11.0. The number of esters is 1. The van der Waals surface area contributed by atoms with Crippen molar-refractivity contribution in [3.8, 4) is 0 Å². The van der Waals surface area contributed by atoms with Crippen LogP contribution in [0.2, 0.25) is 0 Å². The van der Waals surface area contributed by atoms with Gasteiger partial charge in [-0.05, 0) is 67.6 Å². The van der Waals surface area contributed by atoms with E-state index >= 15 is 0 Å².